The van der Waals surface area contributed by atoms with E-state index >= 15 is 0 Å². The van der Waals surface area contributed by atoms with Crippen LogP contribution in [-0.4, -0.2) is 67.8 Å². The molecule has 0 aliphatic carbocycles. The first-order valence-corrected chi connectivity index (χ1v) is 14.6. The summed E-state index contributed by atoms with van der Waals surface area (Å²) in [4.78, 5) is 16.6. The number of rotatable bonds is 12. The lowest BCUT2D eigenvalue weighted by Gasteiger charge is -2.26. The fraction of sp³-hybridized carbons (Fsp3) is 0.462. The molecule has 1 aliphatic heterocycles. The predicted molar refractivity (Wildman–Crippen MR) is 145 cm³/mol. The predicted octanol–water partition coefficient (Wildman–Crippen LogP) is 2.06. The highest BCUT2D eigenvalue weighted by Crippen LogP contribution is 2.47. The van der Waals surface area contributed by atoms with E-state index in [2.05, 4.69) is 15.2 Å². The van der Waals surface area contributed by atoms with Crippen molar-refractivity contribution in [3.8, 4) is 11.8 Å². The Kier molecular flexibility index (Phi) is 9.28. The number of nitrogens with two attached hydrogens (primary N) is 1. The number of benzene rings is 1. The highest BCUT2D eigenvalue weighted by molar-refractivity contribution is 7.52. The van der Waals surface area contributed by atoms with Crippen molar-refractivity contribution in [2.24, 2.45) is 0 Å². The van der Waals surface area contributed by atoms with Crippen LogP contribution in [0.1, 0.15) is 39.3 Å². The van der Waals surface area contributed by atoms with Gasteiger partial charge < -0.3 is 29.9 Å². The molecular weight excluding hydrogens is 555 g/mol. The number of fused-ring (bicyclic) bond motifs is 1. The van der Waals surface area contributed by atoms with Crippen LogP contribution in [0.25, 0.3) is 5.52 Å². The average molecular weight is 589 g/mol. The molecule has 14 nitrogen and oxygen atoms in total. The topological polar surface area (TPSA) is 204 Å². The van der Waals surface area contributed by atoms with Crippen LogP contribution < -0.4 is 15.3 Å². The van der Waals surface area contributed by atoms with Gasteiger partial charge in [0.15, 0.2) is 5.82 Å². The van der Waals surface area contributed by atoms with Gasteiger partial charge in [-0.1, -0.05) is 32.0 Å². The summed E-state index contributed by atoms with van der Waals surface area (Å²) in [5.41, 5.74) is 4.27. The van der Waals surface area contributed by atoms with Gasteiger partial charge in [0.05, 0.1) is 12.3 Å². The van der Waals surface area contributed by atoms with E-state index in [1.165, 1.54) is 23.8 Å². The SMILES string of the molecule is CCC(CC)OC(=O)[C@H](C)NP(=O)(OC[C@H]1O[C@@](C#N)(c2ccc3c(N)ncnn23)[C@H](O)[C@@H]1O)Oc1ccccc1. The second-order valence-corrected chi connectivity index (χ2v) is 11.2. The zero-order valence-corrected chi connectivity index (χ0v) is 23.7. The Balaban J connectivity index is 1.56. The maximum atomic E-state index is 13.9. The van der Waals surface area contributed by atoms with Crippen LogP contribution in [0, 0.1) is 11.3 Å². The van der Waals surface area contributed by atoms with Gasteiger partial charge in [-0.25, -0.2) is 14.1 Å². The number of anilines is 1. The Bertz CT molecular complexity index is 1440. The van der Waals surface area contributed by atoms with Gasteiger partial charge in [-0.3, -0.25) is 9.32 Å². The molecule has 3 heterocycles. The third kappa shape index (κ3) is 6.20. The summed E-state index contributed by atoms with van der Waals surface area (Å²) in [7, 11) is -4.32. The van der Waals surface area contributed by atoms with Crippen molar-refractivity contribution in [3.63, 3.8) is 0 Å². The third-order valence-corrected chi connectivity index (χ3v) is 8.41. The zero-order valence-electron chi connectivity index (χ0n) is 22.8. The molecule has 1 aromatic carbocycles. The standard InChI is InChI=1S/C26H33N6O8P/c1-4-17(5-2)38-25(35)16(3)31-41(36,40-18-9-7-6-8-10-18)37-13-20-22(33)23(34)26(14-27,39-20)21-12-11-19-24(28)29-15-30-32(19)21/h6-12,15-17,20,22-23,33-34H,4-5,13H2,1-3H3,(H,31,36)(H2,28,29,30)/t16-,20+,22+,23+,26-,41?/m0/s1. The monoisotopic (exact) mass is 588 g/mol. The first-order valence-electron chi connectivity index (χ1n) is 13.1. The van der Waals surface area contributed by atoms with Crippen LogP contribution in [0.3, 0.4) is 0 Å². The van der Waals surface area contributed by atoms with Gasteiger partial charge in [-0.15, -0.1) is 0 Å². The zero-order chi connectivity index (χ0) is 29.8. The van der Waals surface area contributed by atoms with Crippen molar-refractivity contribution in [2.45, 2.75) is 69.7 Å². The Morgan fingerprint density at radius 3 is 2.63 bits per heavy atom. The first kappa shape index (κ1) is 30.4. The van der Waals surface area contributed by atoms with Crippen molar-refractivity contribution in [3.05, 3.63) is 54.5 Å². The van der Waals surface area contributed by atoms with Crippen LogP contribution in [0.5, 0.6) is 5.75 Å². The minimum Gasteiger partial charge on any atom is -0.461 e. The normalized spacial score (nSPS) is 24.6. The Hall–Kier alpha value is -3.57. The van der Waals surface area contributed by atoms with E-state index in [1.807, 2.05) is 19.9 Å². The number of carbonyl (C=O) groups is 1. The smallest absolute Gasteiger partial charge is 0.459 e. The number of carbonyl (C=O) groups excluding carboxylic acids is 1. The van der Waals surface area contributed by atoms with E-state index in [-0.39, 0.29) is 23.4 Å². The van der Waals surface area contributed by atoms with Crippen molar-refractivity contribution in [2.75, 3.05) is 12.3 Å². The number of ether oxygens (including phenoxy) is 2. The fourth-order valence-electron chi connectivity index (χ4n) is 4.44. The molecule has 1 aliphatic rings. The van der Waals surface area contributed by atoms with Crippen molar-refractivity contribution in [1.29, 1.82) is 5.26 Å². The molecule has 4 rings (SSSR count). The van der Waals surface area contributed by atoms with Gasteiger partial charge in [0.2, 0.25) is 5.60 Å². The lowest BCUT2D eigenvalue weighted by Crippen LogP contribution is -2.41. The van der Waals surface area contributed by atoms with E-state index in [0.717, 1.165) is 0 Å². The second-order valence-electron chi connectivity index (χ2n) is 9.52. The average Bonchev–Trinajstić information content (AvgIpc) is 3.51. The van der Waals surface area contributed by atoms with Crippen molar-refractivity contribution in [1.82, 2.24) is 19.7 Å². The molecule has 0 saturated carbocycles. The molecule has 0 radical (unpaired) electrons. The van der Waals surface area contributed by atoms with Crippen molar-refractivity contribution >= 4 is 25.1 Å². The van der Waals surface area contributed by atoms with E-state index in [1.54, 1.807) is 36.4 Å². The molecule has 41 heavy (non-hydrogen) atoms. The van der Waals surface area contributed by atoms with Gasteiger partial charge in [0.25, 0.3) is 0 Å². The minimum atomic E-state index is -4.32. The molecule has 6 atom stereocenters. The summed E-state index contributed by atoms with van der Waals surface area (Å²) >= 11 is 0. The molecule has 0 amide bonds. The summed E-state index contributed by atoms with van der Waals surface area (Å²) in [6.07, 6.45) is -2.63. The molecule has 1 unspecified atom stereocenters. The van der Waals surface area contributed by atoms with Gasteiger partial charge in [-0.2, -0.15) is 15.4 Å². The minimum absolute atomic E-state index is 0.0952. The third-order valence-electron chi connectivity index (χ3n) is 6.76. The number of hydrogen-bond acceptors (Lipinski definition) is 12. The molecule has 15 heteroatoms. The maximum Gasteiger partial charge on any atom is 0.459 e. The van der Waals surface area contributed by atoms with Crippen LogP contribution in [0.2, 0.25) is 0 Å². The number of nitriles is 1. The molecule has 3 aromatic rings. The maximum absolute atomic E-state index is 13.9. The van der Waals surface area contributed by atoms with Crippen LogP contribution in [-0.2, 0) is 29.0 Å². The molecule has 1 fully saturated rings. The number of nitrogens with zero attached hydrogens (tertiary/aromatic N) is 4. The quantitative estimate of drug-likeness (QED) is 0.177. The molecule has 1 saturated heterocycles. The van der Waals surface area contributed by atoms with E-state index in [0.29, 0.717) is 18.4 Å². The lowest BCUT2D eigenvalue weighted by atomic mass is 9.92. The second kappa shape index (κ2) is 12.5. The van der Waals surface area contributed by atoms with E-state index in [9.17, 15) is 24.8 Å². The number of hydrogen-bond donors (Lipinski definition) is 4. The van der Waals surface area contributed by atoms with Crippen LogP contribution in [0.15, 0.2) is 48.8 Å². The van der Waals surface area contributed by atoms with Gasteiger partial charge in [0, 0.05) is 0 Å². The number of nitrogens with one attached hydrogen (secondary N) is 1. The molecule has 2 aromatic heterocycles. The molecule has 0 spiro atoms. The highest BCUT2D eigenvalue weighted by Gasteiger charge is 2.58. The molecule has 5 N–H and O–H groups in total. The fourth-order valence-corrected chi connectivity index (χ4v) is 5.95. The highest BCUT2D eigenvalue weighted by atomic mass is 31.2. The Morgan fingerprint density at radius 1 is 1.27 bits per heavy atom. The number of para-hydroxylation sites is 1. The Morgan fingerprint density at radius 2 is 1.98 bits per heavy atom. The van der Waals surface area contributed by atoms with E-state index in [4.69, 9.17) is 24.3 Å². The summed E-state index contributed by atoms with van der Waals surface area (Å²) in [5, 5.41) is 38.6. The lowest BCUT2D eigenvalue weighted by molar-refractivity contribution is -0.151. The number of aliphatic hydroxyl groups is 2. The number of aliphatic hydroxyl groups excluding tert-OH is 2. The number of nitrogen functional groups attached to an aromatic ring is 1. The number of esters is 1. The molecular formula is C26H33N6O8P. The summed E-state index contributed by atoms with van der Waals surface area (Å²) in [5.74, 6) is -0.342. The van der Waals surface area contributed by atoms with Gasteiger partial charge in [0.1, 0.15) is 54.1 Å². The van der Waals surface area contributed by atoms with Gasteiger partial charge >= 0.3 is 13.7 Å². The first-order chi connectivity index (χ1) is 19.6. The molecule has 220 valence electrons. The number of aromatic nitrogens is 3. The summed E-state index contributed by atoms with van der Waals surface area (Å²) in [6.45, 7) is 4.62. The largest absolute Gasteiger partial charge is 0.461 e. The summed E-state index contributed by atoms with van der Waals surface area (Å²) in [6, 6.07) is 12.0. The van der Waals surface area contributed by atoms with Gasteiger partial charge in [-0.05, 0) is 44.0 Å². The van der Waals surface area contributed by atoms with Crippen molar-refractivity contribution < 1.29 is 38.1 Å². The molecule has 0 bridgehead atoms. The Labute approximate surface area is 236 Å². The van der Waals surface area contributed by atoms with E-state index < -0.39 is 50.3 Å². The van der Waals surface area contributed by atoms with Crippen LogP contribution >= 0.6 is 7.75 Å². The van der Waals surface area contributed by atoms with Crippen LogP contribution in [0.4, 0.5) is 5.82 Å². The summed E-state index contributed by atoms with van der Waals surface area (Å²) < 4.78 is 37.8.